The third-order valence-corrected chi connectivity index (χ3v) is 2.24. The van der Waals surface area contributed by atoms with Gasteiger partial charge >= 0.3 is 12.0 Å². The normalized spacial score (nSPS) is 9.47. The Bertz CT molecular complexity index is 523. The minimum Gasteiger partial charge on any atom is -0.478 e. The van der Waals surface area contributed by atoms with E-state index in [2.05, 4.69) is 16.6 Å². The van der Waals surface area contributed by atoms with E-state index in [0.717, 1.165) is 12.1 Å². The number of carbonyl (C=O) groups is 2. The predicted molar refractivity (Wildman–Crippen MR) is 68.4 cm³/mol. The summed E-state index contributed by atoms with van der Waals surface area (Å²) in [7, 11) is 0. The lowest BCUT2D eigenvalue weighted by Crippen LogP contribution is -2.30. The highest BCUT2D eigenvalue weighted by Crippen LogP contribution is 2.16. The first-order valence-corrected chi connectivity index (χ1v) is 5.55. The Morgan fingerprint density at radius 3 is 2.79 bits per heavy atom. The second kappa shape index (κ2) is 7.01. The van der Waals surface area contributed by atoms with Crippen LogP contribution in [0, 0.1) is 18.2 Å². The average molecular weight is 264 g/mol. The van der Waals surface area contributed by atoms with E-state index in [1.165, 1.54) is 6.07 Å². The Morgan fingerprint density at radius 2 is 2.16 bits per heavy atom. The summed E-state index contributed by atoms with van der Waals surface area (Å²) < 4.78 is 12.9. The summed E-state index contributed by atoms with van der Waals surface area (Å²) in [6.07, 6.45) is 6.22. The number of terminal acetylenes is 1. The third-order valence-electron chi connectivity index (χ3n) is 2.24. The number of carbonyl (C=O) groups excluding carboxylic acids is 1. The largest absolute Gasteiger partial charge is 0.478 e. The van der Waals surface area contributed by atoms with Crippen molar-refractivity contribution in [1.29, 1.82) is 0 Å². The van der Waals surface area contributed by atoms with E-state index in [4.69, 9.17) is 11.5 Å². The fourth-order valence-corrected chi connectivity index (χ4v) is 1.36. The van der Waals surface area contributed by atoms with E-state index in [-0.39, 0.29) is 11.3 Å². The van der Waals surface area contributed by atoms with Crippen molar-refractivity contribution in [3.05, 3.63) is 29.6 Å². The molecule has 0 bridgehead atoms. The van der Waals surface area contributed by atoms with E-state index in [1.807, 2.05) is 0 Å². The lowest BCUT2D eigenvalue weighted by Gasteiger charge is -2.09. The number of anilines is 1. The molecule has 5 nitrogen and oxygen atoms in total. The zero-order chi connectivity index (χ0) is 14.3. The van der Waals surface area contributed by atoms with Crippen molar-refractivity contribution in [2.45, 2.75) is 12.8 Å². The lowest BCUT2D eigenvalue weighted by atomic mass is 10.2. The number of hydrogen-bond donors (Lipinski definition) is 3. The molecule has 3 N–H and O–H groups in total. The summed E-state index contributed by atoms with van der Waals surface area (Å²) in [5, 5.41) is 13.7. The number of aromatic carboxylic acids is 1. The molecule has 0 atom stereocenters. The van der Waals surface area contributed by atoms with Crippen molar-refractivity contribution in [1.82, 2.24) is 5.32 Å². The van der Waals surface area contributed by atoms with Crippen LogP contribution in [0.4, 0.5) is 14.9 Å². The van der Waals surface area contributed by atoms with Gasteiger partial charge in [-0.15, -0.1) is 12.3 Å². The number of amides is 2. The van der Waals surface area contributed by atoms with Crippen LogP contribution in [0.3, 0.4) is 0 Å². The molecule has 0 spiro atoms. The van der Waals surface area contributed by atoms with E-state index in [9.17, 15) is 14.0 Å². The number of nitrogens with one attached hydrogen (secondary N) is 2. The molecular weight excluding hydrogens is 251 g/mol. The molecule has 0 aliphatic carbocycles. The number of benzene rings is 1. The number of unbranched alkanes of at least 4 members (excludes halogenated alkanes) is 1. The molecule has 1 aromatic carbocycles. The molecule has 0 aromatic heterocycles. The van der Waals surface area contributed by atoms with Crippen molar-refractivity contribution < 1.29 is 19.1 Å². The molecule has 0 saturated carbocycles. The highest BCUT2D eigenvalue weighted by molar-refractivity contribution is 5.99. The van der Waals surface area contributed by atoms with Crippen LogP contribution in [0.25, 0.3) is 0 Å². The van der Waals surface area contributed by atoms with Crippen molar-refractivity contribution in [3.63, 3.8) is 0 Å². The summed E-state index contributed by atoms with van der Waals surface area (Å²) in [6, 6.07) is 2.54. The lowest BCUT2D eigenvalue weighted by molar-refractivity contribution is 0.0697. The van der Waals surface area contributed by atoms with Crippen LogP contribution in [0.1, 0.15) is 23.2 Å². The molecule has 0 aliphatic heterocycles. The van der Waals surface area contributed by atoms with Gasteiger partial charge < -0.3 is 15.7 Å². The van der Waals surface area contributed by atoms with Crippen LogP contribution in [0.2, 0.25) is 0 Å². The van der Waals surface area contributed by atoms with Crippen molar-refractivity contribution in [3.8, 4) is 12.3 Å². The number of halogens is 1. The van der Waals surface area contributed by atoms with Gasteiger partial charge in [-0.1, -0.05) is 0 Å². The van der Waals surface area contributed by atoms with Crippen molar-refractivity contribution in [2.75, 3.05) is 11.9 Å². The van der Waals surface area contributed by atoms with Gasteiger partial charge in [-0.2, -0.15) is 0 Å². The zero-order valence-corrected chi connectivity index (χ0v) is 10.1. The number of urea groups is 1. The first-order chi connectivity index (χ1) is 9.04. The number of carboxylic acid groups (broad SMARTS) is 1. The van der Waals surface area contributed by atoms with Gasteiger partial charge in [0, 0.05) is 13.0 Å². The van der Waals surface area contributed by atoms with Crippen LogP contribution < -0.4 is 10.6 Å². The predicted octanol–water partition coefficient (Wildman–Crippen LogP) is 2.06. The zero-order valence-electron chi connectivity index (χ0n) is 10.1. The molecule has 6 heteroatoms. The maximum Gasteiger partial charge on any atom is 0.337 e. The summed E-state index contributed by atoms with van der Waals surface area (Å²) in [5.41, 5.74) is -0.276. The van der Waals surface area contributed by atoms with Crippen LogP contribution >= 0.6 is 0 Å². The van der Waals surface area contributed by atoms with Crippen LogP contribution in [-0.2, 0) is 0 Å². The molecule has 0 heterocycles. The molecule has 100 valence electrons. The maximum atomic E-state index is 12.9. The van der Waals surface area contributed by atoms with Gasteiger partial charge in [0.05, 0.1) is 11.3 Å². The van der Waals surface area contributed by atoms with Gasteiger partial charge in [0.1, 0.15) is 5.82 Å². The maximum absolute atomic E-state index is 12.9. The minimum atomic E-state index is -1.32. The molecule has 0 fully saturated rings. The molecule has 19 heavy (non-hydrogen) atoms. The van der Waals surface area contributed by atoms with Gasteiger partial charge in [-0.3, -0.25) is 0 Å². The molecule has 0 saturated heterocycles. The highest BCUT2D eigenvalue weighted by Gasteiger charge is 2.13. The van der Waals surface area contributed by atoms with Crippen molar-refractivity contribution >= 4 is 17.7 Å². The summed E-state index contributed by atoms with van der Waals surface area (Å²) in [6.45, 7) is 0.375. The summed E-state index contributed by atoms with van der Waals surface area (Å²) in [5.74, 6) is 0.430. The fraction of sp³-hybridized carbons (Fsp3) is 0.231. The van der Waals surface area contributed by atoms with E-state index in [1.54, 1.807) is 0 Å². The van der Waals surface area contributed by atoms with E-state index in [0.29, 0.717) is 19.4 Å². The Hall–Kier alpha value is -2.55. The van der Waals surface area contributed by atoms with Gasteiger partial charge in [0.2, 0.25) is 0 Å². The standard InChI is InChI=1S/C13H13FN2O3/c1-2-3-4-7-15-13(19)16-11-6-5-9(14)8-10(11)12(17)18/h1,5-6,8H,3-4,7H2,(H,17,18)(H2,15,16,19). The molecular formula is C13H13FN2O3. The Morgan fingerprint density at radius 1 is 1.42 bits per heavy atom. The molecule has 0 aliphatic rings. The topological polar surface area (TPSA) is 78.4 Å². The van der Waals surface area contributed by atoms with Crippen LogP contribution in [-0.4, -0.2) is 23.7 Å². The highest BCUT2D eigenvalue weighted by atomic mass is 19.1. The Balaban J connectivity index is 2.64. The van der Waals surface area contributed by atoms with Crippen LogP contribution in [0.5, 0.6) is 0 Å². The molecule has 1 aromatic rings. The van der Waals surface area contributed by atoms with Gasteiger partial charge in [0.25, 0.3) is 0 Å². The quantitative estimate of drug-likeness (QED) is 0.562. The molecule has 0 unspecified atom stereocenters. The first-order valence-electron chi connectivity index (χ1n) is 5.55. The average Bonchev–Trinajstić information content (AvgIpc) is 2.36. The first kappa shape index (κ1) is 14.5. The number of hydrogen-bond acceptors (Lipinski definition) is 2. The SMILES string of the molecule is C#CCCCNC(=O)Nc1ccc(F)cc1C(=O)O. The second-order valence-electron chi connectivity index (χ2n) is 3.68. The number of rotatable bonds is 5. The Labute approximate surface area is 109 Å². The van der Waals surface area contributed by atoms with Crippen LogP contribution in [0.15, 0.2) is 18.2 Å². The third kappa shape index (κ3) is 4.68. The molecule has 1 rings (SSSR count). The second-order valence-corrected chi connectivity index (χ2v) is 3.68. The van der Waals surface area contributed by atoms with Gasteiger partial charge in [-0.25, -0.2) is 14.0 Å². The van der Waals surface area contributed by atoms with Crippen molar-refractivity contribution in [2.24, 2.45) is 0 Å². The smallest absolute Gasteiger partial charge is 0.337 e. The number of carboxylic acids is 1. The minimum absolute atomic E-state index is 0.0309. The van der Waals surface area contributed by atoms with E-state index >= 15 is 0 Å². The van der Waals surface area contributed by atoms with Gasteiger partial charge in [-0.05, 0) is 24.6 Å². The monoisotopic (exact) mass is 264 g/mol. The molecule has 2 amide bonds. The van der Waals surface area contributed by atoms with Gasteiger partial charge in [0.15, 0.2) is 0 Å². The fourth-order valence-electron chi connectivity index (χ4n) is 1.36. The summed E-state index contributed by atoms with van der Waals surface area (Å²) in [4.78, 5) is 22.4. The molecule has 0 radical (unpaired) electrons. The summed E-state index contributed by atoms with van der Waals surface area (Å²) >= 11 is 0. The van der Waals surface area contributed by atoms with E-state index < -0.39 is 17.8 Å². The Kier molecular flexibility index (Phi) is 5.35.